The van der Waals surface area contributed by atoms with Crippen molar-refractivity contribution in [3.05, 3.63) is 41.0 Å². The summed E-state index contributed by atoms with van der Waals surface area (Å²) in [5, 5.41) is 7.96. The third-order valence-corrected chi connectivity index (χ3v) is 4.12. The first-order chi connectivity index (χ1) is 11.7. The standard InChI is InChI=1S/C15H16N6O2S/c1-3-4-11-13(24-20-18-11)15(22)21(2)9-12-17-14(19-23-12)10-5-7-16-8-6-10/h5-8H,3-4,9H2,1-2H3. The molecular formula is C15H16N6O2S. The van der Waals surface area contributed by atoms with Crippen LogP contribution in [-0.4, -0.2) is 42.6 Å². The fraction of sp³-hybridized carbons (Fsp3) is 0.333. The Bertz CT molecular complexity index is 816. The van der Waals surface area contributed by atoms with Crippen molar-refractivity contribution in [2.24, 2.45) is 0 Å². The first-order valence-electron chi connectivity index (χ1n) is 7.48. The zero-order chi connectivity index (χ0) is 16.9. The van der Waals surface area contributed by atoms with Crippen molar-refractivity contribution in [1.82, 2.24) is 29.6 Å². The number of carbonyl (C=O) groups is 1. The van der Waals surface area contributed by atoms with E-state index < -0.39 is 0 Å². The van der Waals surface area contributed by atoms with Crippen molar-refractivity contribution >= 4 is 17.4 Å². The molecule has 8 nitrogen and oxygen atoms in total. The van der Waals surface area contributed by atoms with Gasteiger partial charge in [-0.2, -0.15) is 4.98 Å². The predicted molar refractivity (Wildman–Crippen MR) is 87.2 cm³/mol. The molecule has 3 aromatic rings. The van der Waals surface area contributed by atoms with E-state index in [1.807, 2.05) is 6.92 Å². The third-order valence-electron chi connectivity index (χ3n) is 3.36. The molecule has 0 aliphatic carbocycles. The summed E-state index contributed by atoms with van der Waals surface area (Å²) >= 11 is 1.11. The largest absolute Gasteiger partial charge is 0.337 e. The van der Waals surface area contributed by atoms with E-state index in [2.05, 4.69) is 24.7 Å². The monoisotopic (exact) mass is 344 g/mol. The molecule has 0 atom stereocenters. The number of nitrogens with zero attached hydrogens (tertiary/aromatic N) is 6. The van der Waals surface area contributed by atoms with Crippen LogP contribution in [0.5, 0.6) is 0 Å². The van der Waals surface area contributed by atoms with Gasteiger partial charge in [-0.05, 0) is 30.1 Å². The van der Waals surface area contributed by atoms with Crippen LogP contribution in [0.4, 0.5) is 0 Å². The number of amides is 1. The number of hydrogen-bond acceptors (Lipinski definition) is 8. The van der Waals surface area contributed by atoms with Crippen molar-refractivity contribution in [1.29, 1.82) is 0 Å². The van der Waals surface area contributed by atoms with Gasteiger partial charge in [-0.25, -0.2) is 0 Å². The zero-order valence-corrected chi connectivity index (χ0v) is 14.2. The number of carbonyl (C=O) groups excluding carboxylic acids is 1. The first kappa shape index (κ1) is 16.2. The molecule has 3 heterocycles. The Hall–Kier alpha value is -2.68. The maximum atomic E-state index is 12.5. The van der Waals surface area contributed by atoms with Gasteiger partial charge in [0, 0.05) is 25.0 Å². The lowest BCUT2D eigenvalue weighted by atomic mass is 10.2. The van der Waals surface area contributed by atoms with Gasteiger partial charge in [0.05, 0.1) is 5.69 Å². The van der Waals surface area contributed by atoms with Gasteiger partial charge in [0.1, 0.15) is 11.4 Å². The van der Waals surface area contributed by atoms with Gasteiger partial charge < -0.3 is 9.42 Å². The van der Waals surface area contributed by atoms with Gasteiger partial charge in [0.25, 0.3) is 5.91 Å². The minimum Gasteiger partial charge on any atom is -0.337 e. The quantitative estimate of drug-likeness (QED) is 0.676. The lowest BCUT2D eigenvalue weighted by Gasteiger charge is -2.13. The van der Waals surface area contributed by atoms with Gasteiger partial charge in [-0.1, -0.05) is 23.0 Å². The number of aromatic nitrogens is 5. The topological polar surface area (TPSA) is 97.9 Å². The number of hydrogen-bond donors (Lipinski definition) is 0. The van der Waals surface area contributed by atoms with Gasteiger partial charge in [0.2, 0.25) is 11.7 Å². The Labute approximate surface area is 142 Å². The molecule has 0 aliphatic heterocycles. The maximum Gasteiger partial charge on any atom is 0.267 e. The van der Waals surface area contributed by atoms with E-state index in [-0.39, 0.29) is 12.5 Å². The summed E-state index contributed by atoms with van der Waals surface area (Å²) in [6.45, 7) is 2.26. The summed E-state index contributed by atoms with van der Waals surface area (Å²) in [7, 11) is 1.69. The van der Waals surface area contributed by atoms with E-state index in [0.29, 0.717) is 16.6 Å². The van der Waals surface area contributed by atoms with Crippen LogP contribution in [-0.2, 0) is 13.0 Å². The van der Waals surface area contributed by atoms with E-state index >= 15 is 0 Å². The van der Waals surface area contributed by atoms with E-state index in [1.54, 1.807) is 31.6 Å². The zero-order valence-electron chi connectivity index (χ0n) is 13.3. The fourth-order valence-electron chi connectivity index (χ4n) is 2.16. The van der Waals surface area contributed by atoms with Crippen LogP contribution >= 0.6 is 11.5 Å². The lowest BCUT2D eigenvalue weighted by molar-refractivity contribution is 0.0773. The third kappa shape index (κ3) is 3.46. The second-order valence-electron chi connectivity index (χ2n) is 5.21. The number of pyridine rings is 1. The van der Waals surface area contributed by atoms with Crippen LogP contribution in [0.1, 0.15) is 34.6 Å². The highest BCUT2D eigenvalue weighted by atomic mass is 32.1. The molecule has 1 amide bonds. The van der Waals surface area contributed by atoms with Crippen LogP contribution in [0.2, 0.25) is 0 Å². The van der Waals surface area contributed by atoms with Crippen LogP contribution < -0.4 is 0 Å². The number of rotatable bonds is 6. The SMILES string of the molecule is CCCc1nnsc1C(=O)N(C)Cc1nc(-c2ccncc2)no1. The molecule has 0 saturated carbocycles. The normalized spacial score (nSPS) is 10.8. The Morgan fingerprint density at radius 1 is 1.33 bits per heavy atom. The maximum absolute atomic E-state index is 12.5. The first-order valence-corrected chi connectivity index (χ1v) is 8.26. The second kappa shape index (κ2) is 7.26. The van der Waals surface area contributed by atoms with Crippen molar-refractivity contribution in [2.45, 2.75) is 26.3 Å². The van der Waals surface area contributed by atoms with Gasteiger partial charge in [0.15, 0.2) is 0 Å². The van der Waals surface area contributed by atoms with E-state index in [4.69, 9.17) is 4.52 Å². The Morgan fingerprint density at radius 2 is 2.12 bits per heavy atom. The Kier molecular flexibility index (Phi) is 4.90. The van der Waals surface area contributed by atoms with Crippen LogP contribution in [0, 0.1) is 0 Å². The molecule has 0 aromatic carbocycles. The average Bonchev–Trinajstić information content (AvgIpc) is 3.25. The van der Waals surface area contributed by atoms with Crippen LogP contribution in [0.15, 0.2) is 29.0 Å². The summed E-state index contributed by atoms with van der Waals surface area (Å²) in [5.74, 6) is 0.698. The van der Waals surface area contributed by atoms with E-state index in [9.17, 15) is 4.79 Å². The Balaban J connectivity index is 1.71. The highest BCUT2D eigenvalue weighted by Gasteiger charge is 2.21. The minimum absolute atomic E-state index is 0.142. The summed E-state index contributed by atoms with van der Waals surface area (Å²) in [4.78, 5) is 22.9. The molecule has 0 bridgehead atoms. The molecule has 3 rings (SSSR count). The summed E-state index contributed by atoms with van der Waals surface area (Å²) in [5.41, 5.74) is 1.55. The van der Waals surface area contributed by atoms with Crippen LogP contribution in [0.3, 0.4) is 0 Å². The molecule has 9 heteroatoms. The summed E-state index contributed by atoms with van der Waals surface area (Å²) < 4.78 is 9.11. The van der Waals surface area contributed by atoms with Crippen molar-refractivity contribution in [3.63, 3.8) is 0 Å². The van der Waals surface area contributed by atoms with Gasteiger partial charge >= 0.3 is 0 Å². The van der Waals surface area contributed by atoms with E-state index in [1.165, 1.54) is 4.90 Å². The Morgan fingerprint density at radius 3 is 2.88 bits per heavy atom. The smallest absolute Gasteiger partial charge is 0.267 e. The molecule has 0 aliphatic rings. The highest BCUT2D eigenvalue weighted by Crippen LogP contribution is 2.18. The molecule has 24 heavy (non-hydrogen) atoms. The minimum atomic E-state index is -0.142. The molecule has 0 saturated heterocycles. The fourth-order valence-corrected chi connectivity index (χ4v) is 2.86. The molecule has 0 radical (unpaired) electrons. The molecule has 3 aromatic heterocycles. The van der Waals surface area contributed by atoms with E-state index in [0.717, 1.165) is 35.6 Å². The van der Waals surface area contributed by atoms with Gasteiger partial charge in [-0.15, -0.1) is 5.10 Å². The highest BCUT2D eigenvalue weighted by molar-refractivity contribution is 7.07. The average molecular weight is 344 g/mol. The summed E-state index contributed by atoms with van der Waals surface area (Å²) in [6.07, 6.45) is 4.96. The second-order valence-corrected chi connectivity index (χ2v) is 5.96. The van der Waals surface area contributed by atoms with Crippen LogP contribution in [0.25, 0.3) is 11.4 Å². The van der Waals surface area contributed by atoms with Crippen molar-refractivity contribution in [2.75, 3.05) is 7.05 Å². The molecule has 124 valence electrons. The molecule has 0 unspecified atom stereocenters. The molecular weight excluding hydrogens is 328 g/mol. The summed E-state index contributed by atoms with van der Waals surface area (Å²) in [6, 6.07) is 3.59. The van der Waals surface area contributed by atoms with Gasteiger partial charge in [-0.3, -0.25) is 9.78 Å². The van der Waals surface area contributed by atoms with Crippen molar-refractivity contribution < 1.29 is 9.32 Å². The molecule has 0 N–H and O–H groups in total. The predicted octanol–water partition coefficient (Wildman–Crippen LogP) is 2.21. The molecule has 0 spiro atoms. The number of aryl methyl sites for hydroxylation is 1. The lowest BCUT2D eigenvalue weighted by Crippen LogP contribution is -2.26. The van der Waals surface area contributed by atoms with Crippen molar-refractivity contribution in [3.8, 4) is 11.4 Å². The molecule has 0 fully saturated rings.